The summed E-state index contributed by atoms with van der Waals surface area (Å²) in [6, 6.07) is 14.9. The van der Waals surface area contributed by atoms with E-state index in [9.17, 15) is 4.79 Å². The fourth-order valence-corrected chi connectivity index (χ4v) is 5.62. The number of ether oxygens (including phenoxy) is 1. The zero-order valence-electron chi connectivity index (χ0n) is 16.6. The van der Waals surface area contributed by atoms with Crippen molar-refractivity contribution in [3.8, 4) is 0 Å². The molecule has 2 saturated heterocycles. The first-order valence-electron chi connectivity index (χ1n) is 10.1. The number of halogens is 2. The molecule has 3 aliphatic rings. The molecule has 0 spiro atoms. The molecule has 0 radical (unpaired) electrons. The van der Waals surface area contributed by atoms with E-state index in [1.54, 1.807) is 4.90 Å². The first kappa shape index (κ1) is 21.6. The Kier molecular flexibility index (Phi) is 6.63. The van der Waals surface area contributed by atoms with Crippen molar-refractivity contribution in [1.29, 1.82) is 0 Å². The number of rotatable bonds is 3. The van der Waals surface area contributed by atoms with Crippen LogP contribution in [0.1, 0.15) is 24.0 Å². The Balaban J connectivity index is 0.00000218. The van der Waals surface area contributed by atoms with Crippen molar-refractivity contribution in [2.24, 2.45) is 0 Å². The molecule has 30 heavy (non-hydrogen) atoms. The maximum atomic E-state index is 11.6. The molecular weight excluding hydrogens is 439 g/mol. The third-order valence-corrected chi connectivity index (χ3v) is 7.32. The monoisotopic (exact) mass is 462 g/mol. The van der Waals surface area contributed by atoms with Gasteiger partial charge in [0.05, 0.1) is 6.54 Å². The average molecular weight is 463 g/mol. The van der Waals surface area contributed by atoms with Gasteiger partial charge in [0.2, 0.25) is 0 Å². The molecular formula is C23H24Cl2N2O2S. The van der Waals surface area contributed by atoms with Gasteiger partial charge in [-0.2, -0.15) is 0 Å². The smallest absolute Gasteiger partial charge is 0.409 e. The lowest BCUT2D eigenvalue weighted by atomic mass is 9.88. The van der Waals surface area contributed by atoms with Gasteiger partial charge < -0.3 is 14.5 Å². The molecule has 2 aromatic carbocycles. The maximum Gasteiger partial charge on any atom is 0.409 e. The second-order valence-corrected chi connectivity index (χ2v) is 9.18. The van der Waals surface area contributed by atoms with Crippen LogP contribution in [0, 0.1) is 0 Å². The Bertz CT molecular complexity index is 985. The molecule has 4 nitrogen and oxygen atoms in total. The first-order chi connectivity index (χ1) is 14.2. The van der Waals surface area contributed by atoms with E-state index in [0.29, 0.717) is 13.2 Å². The second kappa shape index (κ2) is 9.23. The number of cyclic esters (lactones) is 1. The summed E-state index contributed by atoms with van der Waals surface area (Å²) < 4.78 is 5.03. The Hall–Kier alpha value is -1.66. The molecule has 3 heterocycles. The summed E-state index contributed by atoms with van der Waals surface area (Å²) in [6.45, 7) is 4.94. The van der Waals surface area contributed by atoms with E-state index >= 15 is 0 Å². The Morgan fingerprint density at radius 2 is 1.73 bits per heavy atom. The lowest BCUT2D eigenvalue weighted by Crippen LogP contribution is -2.38. The summed E-state index contributed by atoms with van der Waals surface area (Å²) in [5.74, 6) is 0. The second-order valence-electron chi connectivity index (χ2n) is 7.66. The van der Waals surface area contributed by atoms with Crippen LogP contribution in [0.4, 0.5) is 4.79 Å². The highest BCUT2D eigenvalue weighted by Gasteiger charge is 2.27. The molecule has 7 heteroatoms. The number of benzene rings is 2. The maximum absolute atomic E-state index is 11.6. The van der Waals surface area contributed by atoms with Gasteiger partial charge in [-0.15, -0.1) is 12.4 Å². The number of piperidine rings is 1. The molecule has 2 aromatic rings. The molecule has 0 aromatic heterocycles. The van der Waals surface area contributed by atoms with Gasteiger partial charge in [-0.25, -0.2) is 4.79 Å². The lowest BCUT2D eigenvalue weighted by molar-refractivity contribution is 0.152. The summed E-state index contributed by atoms with van der Waals surface area (Å²) >= 11 is 8.19. The van der Waals surface area contributed by atoms with Crippen molar-refractivity contribution < 1.29 is 9.53 Å². The largest absolute Gasteiger partial charge is 0.448 e. The van der Waals surface area contributed by atoms with Gasteiger partial charge in [0.15, 0.2) is 0 Å². The van der Waals surface area contributed by atoms with Crippen molar-refractivity contribution in [1.82, 2.24) is 9.80 Å². The van der Waals surface area contributed by atoms with Crippen LogP contribution in [-0.2, 0) is 4.74 Å². The van der Waals surface area contributed by atoms with Crippen LogP contribution < -0.4 is 0 Å². The summed E-state index contributed by atoms with van der Waals surface area (Å²) in [5, 5.41) is 0.789. The van der Waals surface area contributed by atoms with E-state index in [0.717, 1.165) is 44.0 Å². The third-order valence-electron chi connectivity index (χ3n) is 5.93. The topological polar surface area (TPSA) is 32.8 Å². The quantitative estimate of drug-likeness (QED) is 0.508. The normalized spacial score (nSPS) is 18.6. The van der Waals surface area contributed by atoms with Crippen LogP contribution in [0.25, 0.3) is 5.57 Å². The number of hydrogen-bond acceptors (Lipinski definition) is 4. The molecule has 2 fully saturated rings. The average Bonchev–Trinajstić information content (AvgIpc) is 3.16. The van der Waals surface area contributed by atoms with Gasteiger partial charge in [0, 0.05) is 41.0 Å². The number of nitrogens with zero attached hydrogens (tertiary/aromatic N) is 2. The van der Waals surface area contributed by atoms with Crippen molar-refractivity contribution in [3.05, 3.63) is 64.2 Å². The Labute approximate surface area is 192 Å². The van der Waals surface area contributed by atoms with E-state index in [1.807, 2.05) is 17.8 Å². The molecule has 0 bridgehead atoms. The summed E-state index contributed by atoms with van der Waals surface area (Å²) in [7, 11) is 0. The number of fused-ring (bicyclic) bond motifs is 2. The number of amides is 1. The summed E-state index contributed by atoms with van der Waals surface area (Å²) in [5.41, 5.74) is 5.48. The molecule has 0 saturated carbocycles. The predicted molar refractivity (Wildman–Crippen MR) is 124 cm³/mol. The predicted octanol–water partition coefficient (Wildman–Crippen LogP) is 5.58. The van der Waals surface area contributed by atoms with Gasteiger partial charge in [0.25, 0.3) is 0 Å². The zero-order valence-corrected chi connectivity index (χ0v) is 19.0. The number of carbonyl (C=O) groups is 1. The van der Waals surface area contributed by atoms with Crippen LogP contribution in [0.3, 0.4) is 0 Å². The SMILES string of the molecule is Cl.O=C1OCCN1CCN1CCC(=C2c3ccccc3Sc3ccc(Cl)cc32)CC1. The van der Waals surface area contributed by atoms with Crippen LogP contribution in [-0.4, -0.2) is 55.2 Å². The molecule has 0 N–H and O–H groups in total. The van der Waals surface area contributed by atoms with Crippen LogP contribution in [0.15, 0.2) is 57.8 Å². The summed E-state index contributed by atoms with van der Waals surface area (Å²) in [6.07, 6.45) is 1.92. The van der Waals surface area contributed by atoms with Crippen LogP contribution >= 0.6 is 35.8 Å². The molecule has 3 aliphatic heterocycles. The van der Waals surface area contributed by atoms with Gasteiger partial charge >= 0.3 is 6.09 Å². The Morgan fingerprint density at radius 1 is 0.967 bits per heavy atom. The lowest BCUT2D eigenvalue weighted by Gasteiger charge is -2.32. The molecule has 158 valence electrons. The highest BCUT2D eigenvalue weighted by atomic mass is 35.5. The number of hydrogen-bond donors (Lipinski definition) is 0. The minimum Gasteiger partial charge on any atom is -0.448 e. The highest BCUT2D eigenvalue weighted by Crippen LogP contribution is 2.48. The van der Waals surface area contributed by atoms with E-state index in [1.165, 1.54) is 32.1 Å². The van der Waals surface area contributed by atoms with Gasteiger partial charge in [0.1, 0.15) is 6.61 Å². The fourth-order valence-electron chi connectivity index (χ4n) is 4.38. The van der Waals surface area contributed by atoms with E-state index < -0.39 is 0 Å². The minimum atomic E-state index is -0.172. The number of carbonyl (C=O) groups excluding carboxylic acids is 1. The van der Waals surface area contributed by atoms with E-state index in [2.05, 4.69) is 41.3 Å². The van der Waals surface area contributed by atoms with E-state index in [4.69, 9.17) is 16.3 Å². The molecule has 1 amide bonds. The van der Waals surface area contributed by atoms with Crippen LogP contribution in [0.5, 0.6) is 0 Å². The van der Waals surface area contributed by atoms with Crippen molar-refractivity contribution in [2.45, 2.75) is 22.6 Å². The minimum absolute atomic E-state index is 0. The highest BCUT2D eigenvalue weighted by molar-refractivity contribution is 7.99. The van der Waals surface area contributed by atoms with Crippen molar-refractivity contribution in [3.63, 3.8) is 0 Å². The molecule has 0 atom stereocenters. The molecule has 5 rings (SSSR count). The zero-order chi connectivity index (χ0) is 19.8. The van der Waals surface area contributed by atoms with Gasteiger partial charge in [-0.05, 0) is 53.8 Å². The molecule has 0 aliphatic carbocycles. The Morgan fingerprint density at radius 3 is 2.50 bits per heavy atom. The van der Waals surface area contributed by atoms with Gasteiger partial charge in [-0.1, -0.05) is 47.1 Å². The number of likely N-dealkylation sites (tertiary alicyclic amines) is 1. The third kappa shape index (κ3) is 4.22. The van der Waals surface area contributed by atoms with Gasteiger partial charge in [-0.3, -0.25) is 0 Å². The van der Waals surface area contributed by atoms with Crippen molar-refractivity contribution in [2.75, 3.05) is 39.3 Å². The standard InChI is InChI=1S/C23H23ClN2O2S.ClH/c24-17-5-6-21-19(15-17)22(18-3-1-2-4-20(18)29-21)16-7-9-25(10-8-16)11-12-26-13-14-28-23(26)27;/h1-6,15H,7-14H2;1H. The van der Waals surface area contributed by atoms with E-state index in [-0.39, 0.29) is 18.5 Å². The summed E-state index contributed by atoms with van der Waals surface area (Å²) in [4.78, 5) is 18.5. The first-order valence-corrected chi connectivity index (χ1v) is 11.3. The van der Waals surface area contributed by atoms with Crippen LogP contribution in [0.2, 0.25) is 5.02 Å². The molecule has 0 unspecified atom stereocenters. The fraction of sp³-hybridized carbons (Fsp3) is 0.348. The van der Waals surface area contributed by atoms with Crippen molar-refractivity contribution >= 4 is 47.4 Å².